The molecule has 0 aromatic carbocycles. The molecule has 0 amide bonds. The van der Waals surface area contributed by atoms with E-state index in [-0.39, 0.29) is 5.60 Å². The van der Waals surface area contributed by atoms with E-state index in [9.17, 15) is 0 Å². The molecular formula is C16H21NOS2. The van der Waals surface area contributed by atoms with E-state index in [0.29, 0.717) is 12.1 Å². The summed E-state index contributed by atoms with van der Waals surface area (Å²) in [4.78, 5) is 2.80. The zero-order valence-corrected chi connectivity index (χ0v) is 13.6. The smallest absolute Gasteiger partial charge is 0.0767 e. The van der Waals surface area contributed by atoms with Crippen LogP contribution >= 0.6 is 22.7 Å². The highest BCUT2D eigenvalue weighted by molar-refractivity contribution is 7.11. The maximum atomic E-state index is 5.82. The summed E-state index contributed by atoms with van der Waals surface area (Å²) in [5, 5.41) is 8.17. The van der Waals surface area contributed by atoms with Crippen molar-refractivity contribution < 1.29 is 4.74 Å². The maximum Gasteiger partial charge on any atom is 0.0767 e. The van der Waals surface area contributed by atoms with Gasteiger partial charge in [0, 0.05) is 22.4 Å². The summed E-state index contributed by atoms with van der Waals surface area (Å²) in [5.74, 6) is 0. The van der Waals surface area contributed by atoms with Crippen molar-refractivity contribution in [2.24, 2.45) is 0 Å². The van der Waals surface area contributed by atoms with Crippen LogP contribution in [0.3, 0.4) is 0 Å². The molecule has 1 atom stereocenters. The third kappa shape index (κ3) is 3.31. The van der Waals surface area contributed by atoms with Gasteiger partial charge in [-0.1, -0.05) is 12.1 Å². The van der Waals surface area contributed by atoms with Gasteiger partial charge in [0.25, 0.3) is 0 Å². The Morgan fingerprint density at radius 1 is 1.20 bits per heavy atom. The predicted octanol–water partition coefficient (Wildman–Crippen LogP) is 4.45. The molecule has 0 aliphatic carbocycles. The first kappa shape index (κ1) is 14.3. The summed E-state index contributed by atoms with van der Waals surface area (Å²) < 4.78 is 5.82. The van der Waals surface area contributed by atoms with Gasteiger partial charge in [0.2, 0.25) is 0 Å². The summed E-state index contributed by atoms with van der Waals surface area (Å²) >= 11 is 3.66. The molecule has 3 rings (SSSR count). The summed E-state index contributed by atoms with van der Waals surface area (Å²) in [6.07, 6.45) is 2.16. The van der Waals surface area contributed by atoms with Gasteiger partial charge in [-0.15, -0.1) is 22.7 Å². The van der Waals surface area contributed by atoms with Crippen molar-refractivity contribution in [3.05, 3.63) is 44.8 Å². The van der Waals surface area contributed by atoms with Crippen molar-refractivity contribution >= 4 is 22.7 Å². The van der Waals surface area contributed by atoms with Gasteiger partial charge in [0.05, 0.1) is 11.6 Å². The first-order chi connectivity index (χ1) is 9.64. The van der Waals surface area contributed by atoms with Gasteiger partial charge in [0.15, 0.2) is 0 Å². The van der Waals surface area contributed by atoms with Gasteiger partial charge in [-0.3, -0.25) is 0 Å². The van der Waals surface area contributed by atoms with E-state index in [2.05, 4.69) is 54.2 Å². The molecule has 108 valence electrons. The molecule has 1 saturated heterocycles. The minimum absolute atomic E-state index is 0.00857. The fourth-order valence-corrected chi connectivity index (χ4v) is 4.50. The average molecular weight is 307 g/mol. The lowest BCUT2D eigenvalue weighted by Crippen LogP contribution is -2.44. The standard InChI is InChI=1S/C16H21NOS2/c1-16(2)11-12(7-8-18-16)17-15(13-5-3-9-19-13)14-6-4-10-20-14/h3-6,9-10,12,15,17H,7-8,11H2,1-2H3. The Morgan fingerprint density at radius 3 is 2.35 bits per heavy atom. The summed E-state index contributed by atoms with van der Waals surface area (Å²) in [7, 11) is 0. The van der Waals surface area contributed by atoms with Gasteiger partial charge < -0.3 is 10.1 Å². The zero-order valence-electron chi connectivity index (χ0n) is 12.0. The Hall–Kier alpha value is -0.680. The fraction of sp³-hybridized carbons (Fsp3) is 0.500. The van der Waals surface area contributed by atoms with Crippen LogP contribution in [-0.2, 0) is 4.74 Å². The van der Waals surface area contributed by atoms with Crippen LogP contribution in [0.25, 0.3) is 0 Å². The van der Waals surface area contributed by atoms with Crippen LogP contribution in [-0.4, -0.2) is 18.2 Å². The summed E-state index contributed by atoms with van der Waals surface area (Å²) in [6.45, 7) is 5.23. The van der Waals surface area contributed by atoms with Gasteiger partial charge in [-0.2, -0.15) is 0 Å². The van der Waals surface area contributed by atoms with E-state index in [0.717, 1.165) is 19.4 Å². The highest BCUT2D eigenvalue weighted by atomic mass is 32.1. The lowest BCUT2D eigenvalue weighted by molar-refractivity contribution is -0.0636. The second-order valence-corrected chi connectivity index (χ2v) is 7.89. The Kier molecular flexibility index (Phi) is 4.26. The van der Waals surface area contributed by atoms with E-state index in [4.69, 9.17) is 4.74 Å². The SMILES string of the molecule is CC1(C)CC(NC(c2cccs2)c2cccs2)CCO1. The first-order valence-electron chi connectivity index (χ1n) is 7.11. The molecule has 1 aliphatic rings. The van der Waals surface area contributed by atoms with Gasteiger partial charge in [-0.05, 0) is 49.6 Å². The van der Waals surface area contributed by atoms with Crippen molar-refractivity contribution in [2.75, 3.05) is 6.61 Å². The number of thiophene rings is 2. The van der Waals surface area contributed by atoms with Crippen LogP contribution in [0.4, 0.5) is 0 Å². The molecule has 4 heteroatoms. The Labute approximate surface area is 128 Å². The lowest BCUT2D eigenvalue weighted by atomic mass is 9.93. The summed E-state index contributed by atoms with van der Waals surface area (Å²) in [6, 6.07) is 9.58. The van der Waals surface area contributed by atoms with E-state index < -0.39 is 0 Å². The monoisotopic (exact) mass is 307 g/mol. The van der Waals surface area contributed by atoms with Crippen molar-refractivity contribution in [1.82, 2.24) is 5.32 Å². The minimum Gasteiger partial charge on any atom is -0.375 e. The Morgan fingerprint density at radius 2 is 1.85 bits per heavy atom. The molecule has 3 heterocycles. The molecule has 0 bridgehead atoms. The van der Waals surface area contributed by atoms with Crippen molar-refractivity contribution in [1.29, 1.82) is 0 Å². The molecule has 0 saturated carbocycles. The molecule has 2 nitrogen and oxygen atoms in total. The van der Waals surface area contributed by atoms with Crippen LogP contribution in [0.15, 0.2) is 35.0 Å². The third-order valence-electron chi connectivity index (χ3n) is 3.75. The maximum absolute atomic E-state index is 5.82. The molecule has 1 unspecified atom stereocenters. The van der Waals surface area contributed by atoms with Crippen LogP contribution in [0, 0.1) is 0 Å². The second-order valence-electron chi connectivity index (χ2n) is 5.93. The average Bonchev–Trinajstić information content (AvgIpc) is 3.08. The van der Waals surface area contributed by atoms with Gasteiger partial charge in [0.1, 0.15) is 0 Å². The number of nitrogens with one attached hydrogen (secondary N) is 1. The van der Waals surface area contributed by atoms with Crippen LogP contribution in [0.2, 0.25) is 0 Å². The normalized spacial score (nSPS) is 22.2. The Bertz CT molecular complexity index is 484. The topological polar surface area (TPSA) is 21.3 Å². The molecular weight excluding hydrogens is 286 g/mol. The zero-order chi connectivity index (χ0) is 14.0. The molecule has 1 N–H and O–H groups in total. The lowest BCUT2D eigenvalue weighted by Gasteiger charge is -2.37. The molecule has 2 aromatic rings. The molecule has 1 fully saturated rings. The quantitative estimate of drug-likeness (QED) is 0.901. The van der Waals surface area contributed by atoms with Crippen molar-refractivity contribution in [3.63, 3.8) is 0 Å². The molecule has 0 spiro atoms. The van der Waals surface area contributed by atoms with E-state index in [1.165, 1.54) is 9.75 Å². The minimum atomic E-state index is -0.00857. The van der Waals surface area contributed by atoms with Crippen LogP contribution in [0.1, 0.15) is 42.5 Å². The van der Waals surface area contributed by atoms with Crippen molar-refractivity contribution in [2.45, 2.75) is 44.4 Å². The van der Waals surface area contributed by atoms with E-state index >= 15 is 0 Å². The summed E-state index contributed by atoms with van der Waals surface area (Å²) in [5.41, 5.74) is -0.00857. The molecule has 2 aromatic heterocycles. The molecule has 0 radical (unpaired) electrons. The van der Waals surface area contributed by atoms with Gasteiger partial charge >= 0.3 is 0 Å². The van der Waals surface area contributed by atoms with E-state index in [1.807, 2.05) is 22.7 Å². The second kappa shape index (κ2) is 5.98. The number of rotatable bonds is 4. The predicted molar refractivity (Wildman–Crippen MR) is 86.7 cm³/mol. The van der Waals surface area contributed by atoms with Crippen molar-refractivity contribution in [3.8, 4) is 0 Å². The van der Waals surface area contributed by atoms with Gasteiger partial charge in [-0.25, -0.2) is 0 Å². The van der Waals surface area contributed by atoms with Crippen LogP contribution in [0.5, 0.6) is 0 Å². The molecule has 20 heavy (non-hydrogen) atoms. The molecule has 1 aliphatic heterocycles. The first-order valence-corrected chi connectivity index (χ1v) is 8.87. The van der Waals surface area contributed by atoms with E-state index in [1.54, 1.807) is 0 Å². The highest BCUT2D eigenvalue weighted by Crippen LogP contribution is 2.32. The Balaban J connectivity index is 1.77. The number of hydrogen-bond acceptors (Lipinski definition) is 4. The largest absolute Gasteiger partial charge is 0.375 e. The number of hydrogen-bond donors (Lipinski definition) is 1. The third-order valence-corrected chi connectivity index (χ3v) is 5.63. The highest BCUT2D eigenvalue weighted by Gasteiger charge is 2.31. The fourth-order valence-electron chi connectivity index (χ4n) is 2.83. The van der Waals surface area contributed by atoms with Crippen LogP contribution < -0.4 is 5.32 Å². The number of ether oxygens (including phenoxy) is 1.